The molecule has 1 amide bonds. The van der Waals surface area contributed by atoms with E-state index in [1.807, 2.05) is 30.3 Å². The number of rotatable bonds is 8. The second-order valence-corrected chi connectivity index (χ2v) is 10.9. The third-order valence-electron chi connectivity index (χ3n) is 6.77. The number of fused-ring (bicyclic) bond motifs is 1. The highest BCUT2D eigenvalue weighted by atomic mass is 32.2. The highest BCUT2D eigenvalue weighted by Gasteiger charge is 2.26. The summed E-state index contributed by atoms with van der Waals surface area (Å²) >= 11 is 0. The average Bonchev–Trinajstić information content (AvgIpc) is 3.36. The van der Waals surface area contributed by atoms with Gasteiger partial charge in [0, 0.05) is 44.8 Å². The summed E-state index contributed by atoms with van der Waals surface area (Å²) < 4.78 is 28.6. The van der Waals surface area contributed by atoms with Gasteiger partial charge in [0.2, 0.25) is 10.0 Å². The quantitative estimate of drug-likeness (QED) is 0.338. The van der Waals surface area contributed by atoms with Gasteiger partial charge in [-0.05, 0) is 29.8 Å². The van der Waals surface area contributed by atoms with Gasteiger partial charge in [-0.15, -0.1) is 5.10 Å². The Kier molecular flexibility index (Phi) is 7.34. The van der Waals surface area contributed by atoms with E-state index in [2.05, 4.69) is 25.2 Å². The molecule has 5 rings (SSSR count). The Labute approximate surface area is 221 Å². The van der Waals surface area contributed by atoms with Crippen molar-refractivity contribution in [2.45, 2.75) is 25.3 Å². The van der Waals surface area contributed by atoms with Gasteiger partial charge in [0.15, 0.2) is 17.0 Å². The number of nitrogens with zero attached hydrogens (tertiary/aromatic N) is 8. The molecule has 1 saturated heterocycles. The van der Waals surface area contributed by atoms with E-state index in [0.29, 0.717) is 68.4 Å². The minimum absolute atomic E-state index is 0.127. The number of amides is 1. The van der Waals surface area contributed by atoms with E-state index >= 15 is 0 Å². The van der Waals surface area contributed by atoms with E-state index in [0.717, 1.165) is 5.56 Å². The van der Waals surface area contributed by atoms with Crippen molar-refractivity contribution in [2.24, 2.45) is 0 Å². The normalized spacial score (nSPS) is 14.4. The van der Waals surface area contributed by atoms with Crippen LogP contribution >= 0.6 is 0 Å². The molecular formula is C26H30N8O3S. The maximum Gasteiger partial charge on any atom is 0.253 e. The van der Waals surface area contributed by atoms with E-state index in [1.165, 1.54) is 22.8 Å². The Bertz CT molecular complexity index is 1510. The van der Waals surface area contributed by atoms with Gasteiger partial charge >= 0.3 is 0 Å². The molecule has 1 fully saturated rings. The Morgan fingerprint density at radius 1 is 0.921 bits per heavy atom. The van der Waals surface area contributed by atoms with Crippen molar-refractivity contribution in [3.8, 4) is 0 Å². The highest BCUT2D eigenvalue weighted by Crippen LogP contribution is 2.23. The zero-order valence-electron chi connectivity index (χ0n) is 21.4. The first-order valence-electron chi connectivity index (χ1n) is 12.6. The molecular weight excluding hydrogens is 504 g/mol. The minimum atomic E-state index is -3.56. The molecule has 0 saturated carbocycles. The van der Waals surface area contributed by atoms with Crippen LogP contribution in [0.2, 0.25) is 0 Å². The van der Waals surface area contributed by atoms with E-state index in [4.69, 9.17) is 0 Å². The van der Waals surface area contributed by atoms with E-state index in [-0.39, 0.29) is 10.8 Å². The zero-order chi connectivity index (χ0) is 26.7. The fourth-order valence-corrected chi connectivity index (χ4v) is 6.12. The Morgan fingerprint density at radius 2 is 1.61 bits per heavy atom. The first-order chi connectivity index (χ1) is 18.4. The molecule has 0 unspecified atom stereocenters. The second kappa shape index (κ2) is 10.8. The molecule has 0 spiro atoms. The standard InChI is InChI=1S/C26H30N8O3S/c1-3-33(4-2)38(36,37)22-12-10-21(11-13-22)26(35)32-16-14-31(15-17-32)24-23-25(28-19-27-24)34(30-29-23)18-20-8-6-5-7-9-20/h5-13,19H,3-4,14-18H2,1-2H3. The molecule has 0 atom stereocenters. The molecule has 38 heavy (non-hydrogen) atoms. The molecule has 2 aromatic carbocycles. The van der Waals surface area contributed by atoms with Crippen LogP contribution in [0.25, 0.3) is 11.2 Å². The van der Waals surface area contributed by atoms with Crippen LogP contribution in [0.1, 0.15) is 29.8 Å². The lowest BCUT2D eigenvalue weighted by Crippen LogP contribution is -2.49. The van der Waals surface area contributed by atoms with Crippen LogP contribution in [0.15, 0.2) is 65.8 Å². The molecule has 3 heterocycles. The molecule has 0 bridgehead atoms. The predicted molar refractivity (Wildman–Crippen MR) is 143 cm³/mol. The molecule has 198 valence electrons. The Balaban J connectivity index is 1.26. The lowest BCUT2D eigenvalue weighted by molar-refractivity contribution is 0.0746. The van der Waals surface area contributed by atoms with Gasteiger partial charge in [0.05, 0.1) is 11.4 Å². The summed E-state index contributed by atoms with van der Waals surface area (Å²) in [7, 11) is -3.56. The molecule has 0 aliphatic carbocycles. The van der Waals surface area contributed by atoms with Crippen molar-refractivity contribution < 1.29 is 13.2 Å². The SMILES string of the molecule is CCN(CC)S(=O)(=O)c1ccc(C(=O)N2CCN(c3ncnc4c3nnn4Cc3ccccc3)CC2)cc1. The fraction of sp³-hybridized carbons (Fsp3) is 0.346. The lowest BCUT2D eigenvalue weighted by Gasteiger charge is -2.35. The van der Waals surface area contributed by atoms with E-state index in [1.54, 1.807) is 35.6 Å². The monoisotopic (exact) mass is 534 g/mol. The summed E-state index contributed by atoms with van der Waals surface area (Å²) in [5.41, 5.74) is 2.86. The summed E-state index contributed by atoms with van der Waals surface area (Å²) in [6.07, 6.45) is 1.52. The lowest BCUT2D eigenvalue weighted by atomic mass is 10.2. The number of hydrogen-bond acceptors (Lipinski definition) is 8. The number of aromatic nitrogens is 5. The van der Waals surface area contributed by atoms with Crippen molar-refractivity contribution in [2.75, 3.05) is 44.2 Å². The molecule has 1 aliphatic rings. The summed E-state index contributed by atoms with van der Waals surface area (Å²) in [5, 5.41) is 8.66. The van der Waals surface area contributed by atoms with Gasteiger partial charge in [0.25, 0.3) is 5.91 Å². The zero-order valence-corrected chi connectivity index (χ0v) is 22.3. The van der Waals surface area contributed by atoms with Gasteiger partial charge in [-0.2, -0.15) is 4.31 Å². The van der Waals surface area contributed by atoms with Crippen molar-refractivity contribution >= 4 is 32.9 Å². The topological polar surface area (TPSA) is 117 Å². The third kappa shape index (κ3) is 4.96. The van der Waals surface area contributed by atoms with E-state index in [9.17, 15) is 13.2 Å². The Hall–Kier alpha value is -3.90. The van der Waals surface area contributed by atoms with Crippen LogP contribution in [-0.2, 0) is 16.6 Å². The van der Waals surface area contributed by atoms with Crippen LogP contribution in [-0.4, -0.2) is 87.8 Å². The molecule has 0 radical (unpaired) electrons. The van der Waals surface area contributed by atoms with Gasteiger partial charge in [0.1, 0.15) is 6.33 Å². The summed E-state index contributed by atoms with van der Waals surface area (Å²) in [4.78, 5) is 26.1. The summed E-state index contributed by atoms with van der Waals surface area (Å²) in [5.74, 6) is 0.574. The molecule has 0 N–H and O–H groups in total. The first-order valence-corrected chi connectivity index (χ1v) is 14.1. The van der Waals surface area contributed by atoms with Gasteiger partial charge in [-0.25, -0.2) is 23.1 Å². The molecule has 1 aliphatic heterocycles. The summed E-state index contributed by atoms with van der Waals surface area (Å²) in [6.45, 7) is 7.12. The number of hydrogen-bond donors (Lipinski definition) is 0. The molecule has 11 nitrogen and oxygen atoms in total. The second-order valence-electron chi connectivity index (χ2n) is 9.00. The number of carbonyl (C=O) groups is 1. The van der Waals surface area contributed by atoms with Crippen LogP contribution in [0, 0.1) is 0 Å². The Morgan fingerprint density at radius 3 is 2.26 bits per heavy atom. The molecule has 12 heteroatoms. The van der Waals surface area contributed by atoms with Gasteiger partial charge in [-0.1, -0.05) is 49.4 Å². The van der Waals surface area contributed by atoms with E-state index < -0.39 is 10.0 Å². The van der Waals surface area contributed by atoms with Crippen LogP contribution < -0.4 is 4.90 Å². The number of piperazine rings is 1. The van der Waals surface area contributed by atoms with Crippen LogP contribution in [0.4, 0.5) is 5.82 Å². The largest absolute Gasteiger partial charge is 0.351 e. The van der Waals surface area contributed by atoms with Crippen LogP contribution in [0.3, 0.4) is 0 Å². The third-order valence-corrected chi connectivity index (χ3v) is 8.83. The predicted octanol–water partition coefficient (Wildman–Crippen LogP) is 2.26. The van der Waals surface area contributed by atoms with Crippen molar-refractivity contribution in [1.82, 2.24) is 34.2 Å². The van der Waals surface area contributed by atoms with Gasteiger partial charge in [-0.3, -0.25) is 4.79 Å². The maximum atomic E-state index is 13.1. The molecule has 2 aromatic heterocycles. The highest BCUT2D eigenvalue weighted by molar-refractivity contribution is 7.89. The van der Waals surface area contributed by atoms with Crippen molar-refractivity contribution in [3.05, 3.63) is 72.1 Å². The summed E-state index contributed by atoms with van der Waals surface area (Å²) in [6, 6.07) is 16.2. The number of benzene rings is 2. The van der Waals surface area contributed by atoms with Crippen molar-refractivity contribution in [1.29, 1.82) is 0 Å². The fourth-order valence-electron chi connectivity index (χ4n) is 4.66. The maximum absolute atomic E-state index is 13.1. The molecule has 4 aromatic rings. The average molecular weight is 535 g/mol. The van der Waals surface area contributed by atoms with Gasteiger partial charge < -0.3 is 9.80 Å². The smallest absolute Gasteiger partial charge is 0.253 e. The van der Waals surface area contributed by atoms with Crippen molar-refractivity contribution in [3.63, 3.8) is 0 Å². The first kappa shape index (κ1) is 25.7. The minimum Gasteiger partial charge on any atom is -0.351 e. The number of carbonyl (C=O) groups excluding carboxylic acids is 1. The number of sulfonamides is 1. The number of anilines is 1. The van der Waals surface area contributed by atoms with Crippen LogP contribution in [0.5, 0.6) is 0 Å².